The predicted molar refractivity (Wildman–Crippen MR) is 103 cm³/mol. The van der Waals surface area contributed by atoms with Gasteiger partial charge in [0, 0.05) is 18.5 Å². The molecule has 0 unspecified atom stereocenters. The summed E-state index contributed by atoms with van der Waals surface area (Å²) >= 11 is 0. The van der Waals surface area contributed by atoms with Gasteiger partial charge in [0.05, 0.1) is 12.1 Å². The summed E-state index contributed by atoms with van der Waals surface area (Å²) in [6, 6.07) is 16.6. The van der Waals surface area contributed by atoms with Crippen molar-refractivity contribution in [1.82, 2.24) is 9.97 Å². The minimum Gasteiger partial charge on any atom is -0.395 e. The van der Waals surface area contributed by atoms with Crippen LogP contribution in [0.2, 0.25) is 0 Å². The number of nitrogens with one attached hydrogen (secondary N) is 2. The van der Waals surface area contributed by atoms with Crippen LogP contribution in [0, 0.1) is 0 Å². The first-order chi connectivity index (χ1) is 12.3. The number of hydrogen-bond donors (Lipinski definition) is 3. The number of aliphatic hydroxyl groups excluding tert-OH is 1. The van der Waals surface area contributed by atoms with Crippen molar-refractivity contribution in [3.8, 4) is 0 Å². The number of hydrogen-bond acceptors (Lipinski definition) is 5. The molecule has 1 aromatic heterocycles. The number of aryl methyl sites for hydroxylation is 1. The maximum Gasteiger partial charge on any atom is 0.225 e. The molecule has 5 heteroatoms. The van der Waals surface area contributed by atoms with E-state index in [0.717, 1.165) is 36.1 Å². The van der Waals surface area contributed by atoms with Crippen LogP contribution in [0.4, 0.5) is 11.8 Å². The summed E-state index contributed by atoms with van der Waals surface area (Å²) in [5.41, 5.74) is 3.53. The monoisotopic (exact) mass is 336 g/mol. The number of aromatic nitrogens is 2. The maximum atomic E-state index is 9.05. The number of aliphatic hydroxyl groups is 1. The highest BCUT2D eigenvalue weighted by Crippen LogP contribution is 2.21. The SMILES string of the molecule is CCc1ccc(CCNc2nc(NCCO)c3ccccc3n2)cc1. The Bertz CT molecular complexity index is 818. The molecule has 25 heavy (non-hydrogen) atoms. The van der Waals surface area contributed by atoms with Crippen molar-refractivity contribution in [3.05, 3.63) is 59.7 Å². The first-order valence-corrected chi connectivity index (χ1v) is 8.73. The maximum absolute atomic E-state index is 9.05. The second kappa shape index (κ2) is 8.44. The van der Waals surface area contributed by atoms with Crippen molar-refractivity contribution in [2.45, 2.75) is 19.8 Å². The lowest BCUT2D eigenvalue weighted by Crippen LogP contribution is -2.12. The standard InChI is InChI=1S/C20H24N4O/c1-2-15-7-9-16(10-8-15)11-12-22-20-23-18-6-4-3-5-17(18)19(24-20)21-13-14-25/h3-10,25H,2,11-14H2,1H3,(H2,21,22,23,24). The average molecular weight is 336 g/mol. The Balaban J connectivity index is 1.69. The Morgan fingerprint density at radius 3 is 2.40 bits per heavy atom. The van der Waals surface area contributed by atoms with E-state index < -0.39 is 0 Å². The highest BCUT2D eigenvalue weighted by Gasteiger charge is 2.06. The zero-order valence-corrected chi connectivity index (χ0v) is 14.5. The highest BCUT2D eigenvalue weighted by molar-refractivity contribution is 5.89. The van der Waals surface area contributed by atoms with Crippen molar-refractivity contribution in [1.29, 1.82) is 0 Å². The largest absolute Gasteiger partial charge is 0.395 e. The molecule has 0 radical (unpaired) electrons. The van der Waals surface area contributed by atoms with Gasteiger partial charge in [-0.25, -0.2) is 4.98 Å². The molecule has 0 atom stereocenters. The number of rotatable bonds is 8. The highest BCUT2D eigenvalue weighted by atomic mass is 16.3. The van der Waals surface area contributed by atoms with Gasteiger partial charge in [0.25, 0.3) is 0 Å². The summed E-state index contributed by atoms with van der Waals surface area (Å²) in [6.45, 7) is 3.46. The van der Waals surface area contributed by atoms with Crippen LogP contribution in [0.15, 0.2) is 48.5 Å². The molecule has 0 saturated heterocycles. The van der Waals surface area contributed by atoms with E-state index in [1.54, 1.807) is 0 Å². The van der Waals surface area contributed by atoms with Gasteiger partial charge in [-0.1, -0.05) is 43.3 Å². The topological polar surface area (TPSA) is 70.1 Å². The van der Waals surface area contributed by atoms with Gasteiger partial charge in [-0.2, -0.15) is 4.98 Å². The Labute approximate surface area is 148 Å². The molecule has 0 amide bonds. The van der Waals surface area contributed by atoms with Gasteiger partial charge in [0.15, 0.2) is 0 Å². The third-order valence-corrected chi connectivity index (χ3v) is 4.14. The minimum absolute atomic E-state index is 0.0643. The molecule has 1 heterocycles. The smallest absolute Gasteiger partial charge is 0.225 e. The predicted octanol–water partition coefficient (Wildman–Crippen LogP) is 3.25. The number of fused-ring (bicyclic) bond motifs is 1. The molecule has 0 aliphatic heterocycles. The van der Waals surface area contributed by atoms with Crippen molar-refractivity contribution in [2.75, 3.05) is 30.3 Å². The summed E-state index contributed by atoms with van der Waals surface area (Å²) in [5.74, 6) is 1.35. The van der Waals surface area contributed by atoms with Gasteiger partial charge < -0.3 is 15.7 Å². The molecule has 3 aromatic rings. The average Bonchev–Trinajstić information content (AvgIpc) is 2.66. The summed E-state index contributed by atoms with van der Waals surface area (Å²) in [4.78, 5) is 9.13. The third-order valence-electron chi connectivity index (χ3n) is 4.14. The lowest BCUT2D eigenvalue weighted by atomic mass is 10.1. The molecule has 0 bridgehead atoms. The van der Waals surface area contributed by atoms with Crippen molar-refractivity contribution >= 4 is 22.7 Å². The molecular weight excluding hydrogens is 312 g/mol. The Kier molecular flexibility index (Phi) is 5.80. The van der Waals surface area contributed by atoms with Gasteiger partial charge in [0.2, 0.25) is 5.95 Å². The van der Waals surface area contributed by atoms with Crippen molar-refractivity contribution in [3.63, 3.8) is 0 Å². The van der Waals surface area contributed by atoms with Gasteiger partial charge >= 0.3 is 0 Å². The summed E-state index contributed by atoms with van der Waals surface area (Å²) in [7, 11) is 0. The molecule has 0 aliphatic rings. The van der Waals surface area contributed by atoms with Crippen LogP contribution in [0.1, 0.15) is 18.1 Å². The van der Waals surface area contributed by atoms with E-state index in [0.29, 0.717) is 12.5 Å². The molecular formula is C20H24N4O. The molecule has 0 saturated carbocycles. The minimum atomic E-state index is 0.0643. The zero-order valence-electron chi connectivity index (χ0n) is 14.5. The van der Waals surface area contributed by atoms with E-state index in [9.17, 15) is 0 Å². The van der Waals surface area contributed by atoms with Crippen molar-refractivity contribution < 1.29 is 5.11 Å². The van der Waals surface area contributed by atoms with Gasteiger partial charge in [-0.15, -0.1) is 0 Å². The van der Waals surface area contributed by atoms with Gasteiger partial charge in [-0.05, 0) is 36.1 Å². The van der Waals surface area contributed by atoms with E-state index in [1.165, 1.54) is 11.1 Å². The summed E-state index contributed by atoms with van der Waals surface area (Å²) < 4.78 is 0. The lowest BCUT2D eigenvalue weighted by molar-refractivity contribution is 0.311. The molecule has 2 aromatic carbocycles. The molecule has 0 aliphatic carbocycles. The second-order valence-corrected chi connectivity index (χ2v) is 5.91. The molecule has 3 rings (SSSR count). The fourth-order valence-corrected chi connectivity index (χ4v) is 2.72. The van der Waals surface area contributed by atoms with E-state index in [1.807, 2.05) is 24.3 Å². The Hall–Kier alpha value is -2.66. The van der Waals surface area contributed by atoms with E-state index in [4.69, 9.17) is 5.11 Å². The zero-order chi connectivity index (χ0) is 17.5. The van der Waals surface area contributed by atoms with Gasteiger partial charge in [0.1, 0.15) is 5.82 Å². The van der Waals surface area contributed by atoms with E-state index in [-0.39, 0.29) is 6.61 Å². The van der Waals surface area contributed by atoms with Crippen LogP contribution in [0.3, 0.4) is 0 Å². The number of anilines is 2. The quantitative estimate of drug-likeness (QED) is 0.589. The summed E-state index contributed by atoms with van der Waals surface area (Å²) in [6.07, 6.45) is 1.98. The molecule has 0 fully saturated rings. The van der Waals surface area contributed by atoms with E-state index >= 15 is 0 Å². The van der Waals surface area contributed by atoms with Crippen LogP contribution in [0.25, 0.3) is 10.9 Å². The number of benzene rings is 2. The van der Waals surface area contributed by atoms with Crippen LogP contribution < -0.4 is 10.6 Å². The van der Waals surface area contributed by atoms with Crippen molar-refractivity contribution in [2.24, 2.45) is 0 Å². The summed E-state index contributed by atoms with van der Waals surface area (Å²) in [5, 5.41) is 16.5. The number of nitrogens with zero attached hydrogens (tertiary/aromatic N) is 2. The van der Waals surface area contributed by atoms with E-state index in [2.05, 4.69) is 51.8 Å². The van der Waals surface area contributed by atoms with Gasteiger partial charge in [-0.3, -0.25) is 0 Å². The normalized spacial score (nSPS) is 10.8. The molecule has 3 N–H and O–H groups in total. The third kappa shape index (κ3) is 4.45. The molecule has 5 nitrogen and oxygen atoms in total. The molecule has 130 valence electrons. The number of para-hydroxylation sites is 1. The first kappa shape index (κ1) is 17.2. The first-order valence-electron chi connectivity index (χ1n) is 8.73. The second-order valence-electron chi connectivity index (χ2n) is 5.91. The fraction of sp³-hybridized carbons (Fsp3) is 0.300. The van der Waals surface area contributed by atoms with Crippen LogP contribution in [-0.2, 0) is 12.8 Å². The Morgan fingerprint density at radius 2 is 1.64 bits per heavy atom. The van der Waals surface area contributed by atoms with Crippen LogP contribution >= 0.6 is 0 Å². The lowest BCUT2D eigenvalue weighted by Gasteiger charge is -2.11. The Morgan fingerprint density at radius 1 is 0.880 bits per heavy atom. The fourth-order valence-electron chi connectivity index (χ4n) is 2.72. The van der Waals surface area contributed by atoms with Crippen LogP contribution in [-0.4, -0.2) is 34.8 Å². The van der Waals surface area contributed by atoms with Crippen LogP contribution in [0.5, 0.6) is 0 Å². The molecule has 0 spiro atoms.